The molecule has 5 heteroatoms. The molecule has 0 aromatic carbocycles. The van der Waals surface area contributed by atoms with Crippen molar-refractivity contribution in [1.82, 2.24) is 4.98 Å². The number of nitrogens with one attached hydrogen (secondary N) is 1. The summed E-state index contributed by atoms with van der Waals surface area (Å²) in [6, 6.07) is 2.04. The average molecular weight is 193 g/mol. The molecule has 1 unspecified atom stereocenters. The van der Waals surface area contributed by atoms with Crippen LogP contribution in [0.4, 0.5) is 6.01 Å². The molecule has 1 amide bonds. The van der Waals surface area contributed by atoms with Crippen LogP contribution < -0.4 is 5.32 Å². The molecule has 0 saturated heterocycles. The molecule has 1 aromatic heterocycles. The Bertz CT molecular complexity index is 364. The van der Waals surface area contributed by atoms with Crippen LogP contribution in [0.2, 0.25) is 0 Å². The maximum absolute atomic E-state index is 11.4. The van der Waals surface area contributed by atoms with Crippen LogP contribution in [0.15, 0.2) is 10.7 Å². The highest BCUT2D eigenvalue weighted by Crippen LogP contribution is 2.09. The number of nitrogens with zero attached hydrogens (tertiary/aromatic N) is 2. The van der Waals surface area contributed by atoms with Gasteiger partial charge in [0.2, 0.25) is 5.91 Å². The molecule has 0 aliphatic rings. The molecule has 5 nitrogen and oxygen atoms in total. The highest BCUT2D eigenvalue weighted by molar-refractivity contribution is 5.92. The summed E-state index contributed by atoms with van der Waals surface area (Å²) < 4.78 is 4.92. The molecule has 1 aromatic rings. The van der Waals surface area contributed by atoms with E-state index in [0.29, 0.717) is 12.1 Å². The normalized spacial score (nSPS) is 11.8. The zero-order valence-corrected chi connectivity index (χ0v) is 8.07. The van der Waals surface area contributed by atoms with E-state index >= 15 is 0 Å². The molecule has 1 rings (SSSR count). The summed E-state index contributed by atoms with van der Waals surface area (Å²) in [5.41, 5.74) is 0.685. The van der Waals surface area contributed by atoms with Crippen molar-refractivity contribution in [1.29, 1.82) is 5.26 Å². The first-order valence-electron chi connectivity index (χ1n) is 4.30. The minimum atomic E-state index is -0.651. The molecule has 0 bridgehead atoms. The monoisotopic (exact) mass is 193 g/mol. The van der Waals surface area contributed by atoms with E-state index in [1.54, 1.807) is 13.8 Å². The zero-order chi connectivity index (χ0) is 10.6. The van der Waals surface area contributed by atoms with E-state index in [0.717, 1.165) is 0 Å². The fraction of sp³-hybridized carbons (Fsp3) is 0.444. The number of hydrogen-bond acceptors (Lipinski definition) is 4. The molecule has 0 saturated carbocycles. The Balaban J connectivity index is 2.62. The van der Waals surface area contributed by atoms with Crippen molar-refractivity contribution in [3.63, 3.8) is 0 Å². The first-order chi connectivity index (χ1) is 6.67. The minimum Gasteiger partial charge on any atom is -0.432 e. The van der Waals surface area contributed by atoms with Crippen molar-refractivity contribution in [2.24, 2.45) is 5.92 Å². The summed E-state index contributed by atoms with van der Waals surface area (Å²) in [5.74, 6) is -1.03. The Kier molecular flexibility index (Phi) is 3.24. The van der Waals surface area contributed by atoms with Gasteiger partial charge in [0.25, 0.3) is 0 Å². The second-order valence-electron chi connectivity index (χ2n) is 2.87. The Hall–Kier alpha value is -1.83. The van der Waals surface area contributed by atoms with Crippen LogP contribution in [0.1, 0.15) is 19.0 Å². The van der Waals surface area contributed by atoms with E-state index in [2.05, 4.69) is 10.3 Å². The number of anilines is 1. The lowest BCUT2D eigenvalue weighted by Crippen LogP contribution is -2.21. The molecule has 14 heavy (non-hydrogen) atoms. The smallest absolute Gasteiger partial charge is 0.301 e. The fourth-order valence-corrected chi connectivity index (χ4v) is 0.939. The standard InChI is InChI=1S/C9H11N3O2/c1-3-7(4-10)8(13)12-9-11-6(2)5-14-9/h5,7H,3H2,1-2H3,(H,11,12,13). The third kappa shape index (κ3) is 2.33. The van der Waals surface area contributed by atoms with Gasteiger partial charge in [-0.2, -0.15) is 10.2 Å². The van der Waals surface area contributed by atoms with Crippen molar-refractivity contribution < 1.29 is 9.21 Å². The number of amides is 1. The van der Waals surface area contributed by atoms with Gasteiger partial charge in [0, 0.05) is 0 Å². The molecule has 74 valence electrons. The van der Waals surface area contributed by atoms with Crippen molar-refractivity contribution in [3.05, 3.63) is 12.0 Å². The van der Waals surface area contributed by atoms with Crippen LogP contribution >= 0.6 is 0 Å². The van der Waals surface area contributed by atoms with Gasteiger partial charge in [0.1, 0.15) is 12.2 Å². The minimum absolute atomic E-state index is 0.140. The highest BCUT2D eigenvalue weighted by atomic mass is 16.4. The lowest BCUT2D eigenvalue weighted by Gasteiger charge is -2.03. The van der Waals surface area contributed by atoms with E-state index in [1.165, 1.54) is 6.26 Å². The van der Waals surface area contributed by atoms with E-state index < -0.39 is 5.92 Å². The number of nitriles is 1. The second-order valence-corrected chi connectivity index (χ2v) is 2.87. The maximum Gasteiger partial charge on any atom is 0.301 e. The summed E-state index contributed by atoms with van der Waals surface area (Å²) in [6.45, 7) is 3.52. The first-order valence-corrected chi connectivity index (χ1v) is 4.30. The van der Waals surface area contributed by atoms with Crippen LogP contribution in [0.5, 0.6) is 0 Å². The molecule has 1 heterocycles. The van der Waals surface area contributed by atoms with Gasteiger partial charge < -0.3 is 4.42 Å². The molecule has 0 aliphatic heterocycles. The molecule has 0 fully saturated rings. The van der Waals surface area contributed by atoms with Crippen molar-refractivity contribution in [3.8, 4) is 6.07 Å². The Morgan fingerprint density at radius 3 is 3.00 bits per heavy atom. The number of hydrogen-bond donors (Lipinski definition) is 1. The molecular formula is C9H11N3O2. The largest absolute Gasteiger partial charge is 0.432 e. The van der Waals surface area contributed by atoms with Gasteiger partial charge in [-0.25, -0.2) is 0 Å². The number of carbonyl (C=O) groups excluding carboxylic acids is 1. The van der Waals surface area contributed by atoms with E-state index in [9.17, 15) is 4.79 Å². The van der Waals surface area contributed by atoms with Gasteiger partial charge in [0.15, 0.2) is 0 Å². The Morgan fingerprint density at radius 1 is 1.86 bits per heavy atom. The van der Waals surface area contributed by atoms with Crippen molar-refractivity contribution >= 4 is 11.9 Å². The molecule has 0 spiro atoms. The highest BCUT2D eigenvalue weighted by Gasteiger charge is 2.17. The molecule has 1 N–H and O–H groups in total. The van der Waals surface area contributed by atoms with Crippen LogP contribution in [0.25, 0.3) is 0 Å². The van der Waals surface area contributed by atoms with E-state index in [-0.39, 0.29) is 11.9 Å². The predicted molar refractivity (Wildman–Crippen MR) is 49.3 cm³/mol. The van der Waals surface area contributed by atoms with Gasteiger partial charge in [-0.05, 0) is 13.3 Å². The van der Waals surface area contributed by atoms with Gasteiger partial charge in [-0.15, -0.1) is 0 Å². The van der Waals surface area contributed by atoms with Gasteiger partial charge >= 0.3 is 6.01 Å². The SMILES string of the molecule is CCC(C#N)C(=O)Nc1nc(C)co1. The predicted octanol–water partition coefficient (Wildman–Crippen LogP) is 1.47. The zero-order valence-electron chi connectivity index (χ0n) is 8.07. The third-order valence-electron chi connectivity index (χ3n) is 1.73. The molecular weight excluding hydrogens is 182 g/mol. The van der Waals surface area contributed by atoms with Crippen LogP contribution in [0, 0.1) is 24.2 Å². The molecule has 0 aliphatic carbocycles. The molecule has 0 radical (unpaired) electrons. The Morgan fingerprint density at radius 2 is 2.57 bits per heavy atom. The topological polar surface area (TPSA) is 78.9 Å². The second kappa shape index (κ2) is 4.42. The number of rotatable bonds is 3. The van der Waals surface area contributed by atoms with Gasteiger partial charge in [0.05, 0.1) is 11.8 Å². The number of oxazole rings is 1. The summed E-state index contributed by atoms with van der Waals surface area (Å²) in [5, 5.41) is 11.0. The van der Waals surface area contributed by atoms with Crippen molar-refractivity contribution in [2.45, 2.75) is 20.3 Å². The van der Waals surface area contributed by atoms with Gasteiger partial charge in [-0.1, -0.05) is 6.92 Å². The number of carbonyl (C=O) groups is 1. The van der Waals surface area contributed by atoms with Gasteiger partial charge in [-0.3, -0.25) is 10.1 Å². The summed E-state index contributed by atoms with van der Waals surface area (Å²) in [4.78, 5) is 15.2. The lowest BCUT2D eigenvalue weighted by atomic mass is 10.1. The number of aromatic nitrogens is 1. The third-order valence-corrected chi connectivity index (χ3v) is 1.73. The van der Waals surface area contributed by atoms with Crippen LogP contribution in [-0.2, 0) is 4.79 Å². The van der Waals surface area contributed by atoms with Crippen LogP contribution in [0.3, 0.4) is 0 Å². The van der Waals surface area contributed by atoms with E-state index in [1.807, 2.05) is 6.07 Å². The van der Waals surface area contributed by atoms with E-state index in [4.69, 9.17) is 9.68 Å². The lowest BCUT2D eigenvalue weighted by molar-refractivity contribution is -0.118. The maximum atomic E-state index is 11.4. The van der Waals surface area contributed by atoms with Crippen molar-refractivity contribution in [2.75, 3.05) is 5.32 Å². The quantitative estimate of drug-likeness (QED) is 0.788. The molecule has 1 atom stereocenters. The summed E-state index contributed by atoms with van der Waals surface area (Å²) in [7, 11) is 0. The fourth-order valence-electron chi connectivity index (χ4n) is 0.939. The van der Waals surface area contributed by atoms with Crippen LogP contribution in [-0.4, -0.2) is 10.9 Å². The first kappa shape index (κ1) is 10.3. The summed E-state index contributed by atoms with van der Waals surface area (Å²) in [6.07, 6.45) is 1.91. The Labute approximate surface area is 81.7 Å². The average Bonchev–Trinajstić information content (AvgIpc) is 2.53. The summed E-state index contributed by atoms with van der Waals surface area (Å²) >= 11 is 0. The number of aryl methyl sites for hydroxylation is 1.